The molecule has 0 bridgehead atoms. The number of benzene rings is 2. The minimum Gasteiger partial charge on any atom is -0.508 e. The number of hydrogen-bond donors (Lipinski definition) is 2. The summed E-state index contributed by atoms with van der Waals surface area (Å²) in [5.41, 5.74) is 3.70. The third-order valence-corrected chi connectivity index (χ3v) is 2.70. The Hall–Kier alpha value is -2.82. The molecular weight excluding hydrogens is 268 g/mol. The Kier molecular flexibility index (Phi) is 4.93. The maximum atomic E-state index is 11.8. The highest BCUT2D eigenvalue weighted by Crippen LogP contribution is 2.11. The predicted molar refractivity (Wildman–Crippen MR) is 80.8 cm³/mol. The van der Waals surface area contributed by atoms with Gasteiger partial charge in [-0.1, -0.05) is 0 Å². The molecular formula is C16H16N2O3. The summed E-state index contributed by atoms with van der Waals surface area (Å²) in [4.78, 5) is 11.8. The number of aromatic hydroxyl groups is 1. The Morgan fingerprint density at radius 1 is 1.19 bits per heavy atom. The van der Waals surface area contributed by atoms with Gasteiger partial charge in [-0.25, -0.2) is 5.43 Å². The Labute approximate surface area is 122 Å². The zero-order valence-electron chi connectivity index (χ0n) is 11.6. The van der Waals surface area contributed by atoms with Crippen LogP contribution in [-0.2, 0) is 0 Å². The first-order valence-corrected chi connectivity index (χ1v) is 6.54. The van der Waals surface area contributed by atoms with Crippen molar-refractivity contribution in [1.29, 1.82) is 0 Å². The summed E-state index contributed by atoms with van der Waals surface area (Å²) in [5, 5.41) is 13.0. The summed E-state index contributed by atoms with van der Waals surface area (Å²) in [7, 11) is 0. The van der Waals surface area contributed by atoms with Gasteiger partial charge in [0.1, 0.15) is 11.5 Å². The second kappa shape index (κ2) is 7.09. The molecule has 0 saturated carbocycles. The van der Waals surface area contributed by atoms with Crippen LogP contribution in [0.2, 0.25) is 0 Å². The zero-order chi connectivity index (χ0) is 15.1. The lowest BCUT2D eigenvalue weighted by atomic mass is 10.2. The third kappa shape index (κ3) is 4.35. The second-order valence-corrected chi connectivity index (χ2v) is 4.25. The monoisotopic (exact) mass is 284 g/mol. The van der Waals surface area contributed by atoms with Crippen molar-refractivity contribution in [2.24, 2.45) is 5.10 Å². The number of nitrogens with zero attached hydrogens (tertiary/aromatic N) is 1. The molecule has 0 aliphatic rings. The number of hydrazone groups is 1. The molecule has 0 spiro atoms. The topological polar surface area (TPSA) is 70.9 Å². The van der Waals surface area contributed by atoms with Crippen LogP contribution in [-0.4, -0.2) is 23.8 Å². The van der Waals surface area contributed by atoms with E-state index in [2.05, 4.69) is 10.5 Å². The molecule has 0 saturated heterocycles. The molecule has 0 aliphatic carbocycles. The number of phenols is 1. The lowest BCUT2D eigenvalue weighted by Gasteiger charge is -2.02. The van der Waals surface area contributed by atoms with Gasteiger partial charge in [0.15, 0.2) is 0 Å². The fourth-order valence-corrected chi connectivity index (χ4v) is 1.66. The maximum absolute atomic E-state index is 11.8. The molecule has 0 aliphatic heterocycles. The van der Waals surface area contributed by atoms with Crippen LogP contribution in [0.15, 0.2) is 53.6 Å². The van der Waals surface area contributed by atoms with E-state index in [1.807, 2.05) is 31.2 Å². The number of phenolic OH excluding ortho intramolecular Hbond substituents is 1. The predicted octanol–water partition coefficient (Wildman–Crippen LogP) is 2.55. The maximum Gasteiger partial charge on any atom is 0.271 e. The van der Waals surface area contributed by atoms with Crippen molar-refractivity contribution in [3.63, 3.8) is 0 Å². The first-order valence-electron chi connectivity index (χ1n) is 6.54. The minimum atomic E-state index is -0.336. The largest absolute Gasteiger partial charge is 0.508 e. The van der Waals surface area contributed by atoms with E-state index in [1.165, 1.54) is 24.3 Å². The van der Waals surface area contributed by atoms with Crippen LogP contribution in [0.3, 0.4) is 0 Å². The lowest BCUT2D eigenvalue weighted by molar-refractivity contribution is 0.0955. The molecule has 0 radical (unpaired) electrons. The molecule has 21 heavy (non-hydrogen) atoms. The van der Waals surface area contributed by atoms with Gasteiger partial charge >= 0.3 is 0 Å². The van der Waals surface area contributed by atoms with E-state index in [-0.39, 0.29) is 11.7 Å². The van der Waals surface area contributed by atoms with E-state index in [4.69, 9.17) is 9.84 Å². The first-order chi connectivity index (χ1) is 10.2. The van der Waals surface area contributed by atoms with E-state index in [1.54, 1.807) is 6.21 Å². The van der Waals surface area contributed by atoms with Crippen LogP contribution >= 0.6 is 0 Å². The van der Waals surface area contributed by atoms with E-state index in [9.17, 15) is 4.79 Å². The molecule has 1 amide bonds. The van der Waals surface area contributed by atoms with Crippen LogP contribution in [0.25, 0.3) is 0 Å². The molecule has 108 valence electrons. The van der Waals surface area contributed by atoms with E-state index >= 15 is 0 Å². The number of hydrogen-bond acceptors (Lipinski definition) is 4. The number of carbonyl (C=O) groups is 1. The molecule has 2 rings (SSSR count). The first kappa shape index (κ1) is 14.6. The molecule has 0 fully saturated rings. The van der Waals surface area contributed by atoms with Gasteiger partial charge in [-0.2, -0.15) is 5.10 Å². The summed E-state index contributed by atoms with van der Waals surface area (Å²) in [6.07, 6.45) is 1.55. The van der Waals surface area contributed by atoms with Gasteiger partial charge in [0, 0.05) is 5.56 Å². The molecule has 2 aromatic carbocycles. The van der Waals surface area contributed by atoms with E-state index < -0.39 is 0 Å². The highest BCUT2D eigenvalue weighted by molar-refractivity contribution is 5.94. The van der Waals surface area contributed by atoms with Crippen molar-refractivity contribution in [3.8, 4) is 11.5 Å². The fraction of sp³-hybridized carbons (Fsp3) is 0.125. The van der Waals surface area contributed by atoms with Gasteiger partial charge in [-0.05, 0) is 61.0 Å². The number of ether oxygens (including phenoxy) is 1. The standard InChI is InChI=1S/C16H16N2O3/c1-2-21-15-9-3-12(4-10-15)11-17-18-16(20)13-5-7-14(19)8-6-13/h3-11,19H,2H2,1H3,(H,18,20)/b17-11+. The van der Waals surface area contributed by atoms with Gasteiger partial charge in [-0.15, -0.1) is 0 Å². The Balaban J connectivity index is 1.92. The lowest BCUT2D eigenvalue weighted by Crippen LogP contribution is -2.17. The second-order valence-electron chi connectivity index (χ2n) is 4.25. The molecule has 0 unspecified atom stereocenters. The van der Waals surface area contributed by atoms with Crippen LogP contribution in [0.1, 0.15) is 22.8 Å². The molecule has 2 aromatic rings. The normalized spacial score (nSPS) is 10.5. The van der Waals surface area contributed by atoms with Crippen LogP contribution in [0.5, 0.6) is 11.5 Å². The summed E-state index contributed by atoms with van der Waals surface area (Å²) < 4.78 is 5.34. The van der Waals surface area contributed by atoms with Crippen molar-refractivity contribution >= 4 is 12.1 Å². The number of rotatable bonds is 5. The summed E-state index contributed by atoms with van der Waals surface area (Å²) in [5.74, 6) is 0.574. The molecule has 2 N–H and O–H groups in total. The smallest absolute Gasteiger partial charge is 0.271 e. The number of amides is 1. The van der Waals surface area contributed by atoms with Crippen LogP contribution < -0.4 is 10.2 Å². The molecule has 5 heteroatoms. The van der Waals surface area contributed by atoms with Crippen molar-refractivity contribution < 1.29 is 14.6 Å². The van der Waals surface area contributed by atoms with Crippen LogP contribution in [0, 0.1) is 0 Å². The van der Waals surface area contributed by atoms with Crippen LogP contribution in [0.4, 0.5) is 0 Å². The molecule has 0 heterocycles. The Bertz CT molecular complexity index is 619. The van der Waals surface area contributed by atoms with Crippen molar-refractivity contribution in [2.75, 3.05) is 6.61 Å². The average Bonchev–Trinajstić information content (AvgIpc) is 2.50. The van der Waals surface area contributed by atoms with Gasteiger partial charge in [0.25, 0.3) is 5.91 Å². The van der Waals surface area contributed by atoms with Gasteiger partial charge in [0.05, 0.1) is 12.8 Å². The highest BCUT2D eigenvalue weighted by atomic mass is 16.5. The van der Waals surface area contributed by atoms with Gasteiger partial charge < -0.3 is 9.84 Å². The van der Waals surface area contributed by atoms with E-state index in [0.29, 0.717) is 12.2 Å². The van der Waals surface area contributed by atoms with E-state index in [0.717, 1.165) is 11.3 Å². The highest BCUT2D eigenvalue weighted by Gasteiger charge is 2.03. The van der Waals surface area contributed by atoms with Crippen molar-refractivity contribution in [3.05, 3.63) is 59.7 Å². The summed E-state index contributed by atoms with van der Waals surface area (Å²) in [6, 6.07) is 13.3. The van der Waals surface area contributed by atoms with Crippen molar-refractivity contribution in [2.45, 2.75) is 6.92 Å². The summed E-state index contributed by atoms with van der Waals surface area (Å²) in [6.45, 7) is 2.55. The number of nitrogens with one attached hydrogen (secondary N) is 1. The third-order valence-electron chi connectivity index (χ3n) is 2.70. The summed E-state index contributed by atoms with van der Waals surface area (Å²) >= 11 is 0. The fourth-order valence-electron chi connectivity index (χ4n) is 1.66. The van der Waals surface area contributed by atoms with Crippen molar-refractivity contribution in [1.82, 2.24) is 5.43 Å². The molecule has 0 aromatic heterocycles. The Morgan fingerprint density at radius 3 is 2.48 bits per heavy atom. The SMILES string of the molecule is CCOc1ccc(/C=N/NC(=O)c2ccc(O)cc2)cc1. The molecule has 0 atom stereocenters. The minimum absolute atomic E-state index is 0.115. The molecule has 5 nitrogen and oxygen atoms in total. The average molecular weight is 284 g/mol. The zero-order valence-corrected chi connectivity index (χ0v) is 11.6. The van der Waals surface area contributed by atoms with Gasteiger partial charge in [0.2, 0.25) is 0 Å². The quantitative estimate of drug-likeness (QED) is 0.654. The number of carbonyl (C=O) groups excluding carboxylic acids is 1. The Morgan fingerprint density at radius 2 is 1.86 bits per heavy atom. The van der Waals surface area contributed by atoms with Gasteiger partial charge in [-0.3, -0.25) is 4.79 Å².